The van der Waals surface area contributed by atoms with Crippen molar-refractivity contribution in [3.63, 3.8) is 0 Å². The summed E-state index contributed by atoms with van der Waals surface area (Å²) in [6.45, 7) is 7.80. The van der Waals surface area contributed by atoms with Crippen LogP contribution in [0.2, 0.25) is 0 Å². The van der Waals surface area contributed by atoms with E-state index in [4.69, 9.17) is 0 Å². The van der Waals surface area contributed by atoms with Gasteiger partial charge in [-0.3, -0.25) is 4.68 Å². The highest BCUT2D eigenvalue weighted by Gasteiger charge is 2.20. The molecule has 1 aromatic rings. The molecule has 0 bridgehead atoms. The highest BCUT2D eigenvalue weighted by Crippen LogP contribution is 2.18. The second-order valence-corrected chi connectivity index (χ2v) is 4.31. The minimum Gasteiger partial charge on any atom is -0.312 e. The Labute approximate surface area is 99.2 Å². The van der Waals surface area contributed by atoms with Crippen LogP contribution in [0.4, 0.5) is 0 Å². The van der Waals surface area contributed by atoms with Gasteiger partial charge >= 0.3 is 0 Å². The Morgan fingerprint density at radius 2 is 2.06 bits per heavy atom. The van der Waals surface area contributed by atoms with E-state index in [0.29, 0.717) is 12.1 Å². The van der Waals surface area contributed by atoms with Gasteiger partial charge in [-0.2, -0.15) is 5.10 Å². The average molecular weight is 223 g/mol. The molecule has 0 aliphatic rings. The lowest BCUT2D eigenvalue weighted by Crippen LogP contribution is -2.38. The first-order chi connectivity index (χ1) is 7.83. The van der Waals surface area contributed by atoms with Crippen LogP contribution in [-0.2, 0) is 0 Å². The maximum absolute atomic E-state index is 4.38. The molecule has 3 heteroatoms. The molecule has 2 unspecified atom stereocenters. The maximum Gasteiger partial charge on any atom is 0.0669 e. The molecule has 1 aromatic heterocycles. The first-order valence-electron chi connectivity index (χ1n) is 6.55. The number of aromatic nitrogens is 2. The van der Waals surface area contributed by atoms with Gasteiger partial charge in [0.05, 0.1) is 6.04 Å². The Morgan fingerprint density at radius 3 is 2.56 bits per heavy atom. The van der Waals surface area contributed by atoms with E-state index >= 15 is 0 Å². The summed E-state index contributed by atoms with van der Waals surface area (Å²) in [6, 6.07) is 3.04. The smallest absolute Gasteiger partial charge is 0.0669 e. The molecule has 0 fully saturated rings. The summed E-state index contributed by atoms with van der Waals surface area (Å²) < 4.78 is 2.10. The van der Waals surface area contributed by atoms with E-state index in [1.165, 1.54) is 19.3 Å². The van der Waals surface area contributed by atoms with E-state index in [-0.39, 0.29) is 0 Å². The highest BCUT2D eigenvalue weighted by atomic mass is 15.3. The largest absolute Gasteiger partial charge is 0.312 e. The standard InChI is InChI=1S/C13H25N3/c1-4-8-12(14-9-5-2)13(6-3)16-11-7-10-15-16/h7,10-14H,4-6,8-9H2,1-3H3. The fourth-order valence-corrected chi connectivity index (χ4v) is 2.20. The zero-order valence-corrected chi connectivity index (χ0v) is 10.8. The zero-order valence-electron chi connectivity index (χ0n) is 10.8. The van der Waals surface area contributed by atoms with E-state index in [1.807, 2.05) is 12.3 Å². The molecule has 2 atom stereocenters. The van der Waals surface area contributed by atoms with Crippen LogP contribution in [0.3, 0.4) is 0 Å². The van der Waals surface area contributed by atoms with Gasteiger partial charge in [-0.05, 0) is 31.9 Å². The number of nitrogens with one attached hydrogen (secondary N) is 1. The lowest BCUT2D eigenvalue weighted by Gasteiger charge is -2.27. The van der Waals surface area contributed by atoms with Crippen molar-refractivity contribution in [2.24, 2.45) is 0 Å². The summed E-state index contributed by atoms with van der Waals surface area (Å²) in [7, 11) is 0. The van der Waals surface area contributed by atoms with Crippen molar-refractivity contribution in [1.29, 1.82) is 0 Å². The maximum atomic E-state index is 4.38. The minimum atomic E-state index is 0.487. The van der Waals surface area contributed by atoms with Crippen molar-refractivity contribution in [1.82, 2.24) is 15.1 Å². The summed E-state index contributed by atoms with van der Waals surface area (Å²) in [5.41, 5.74) is 0. The SMILES string of the molecule is CCCNC(CCC)C(CC)n1cccn1. The monoisotopic (exact) mass is 223 g/mol. The molecule has 92 valence electrons. The number of rotatable bonds is 8. The van der Waals surface area contributed by atoms with E-state index in [2.05, 4.69) is 42.1 Å². The third-order valence-electron chi connectivity index (χ3n) is 3.00. The van der Waals surface area contributed by atoms with Gasteiger partial charge in [-0.25, -0.2) is 0 Å². The lowest BCUT2D eigenvalue weighted by molar-refractivity contribution is 0.301. The predicted octanol–water partition coefficient (Wildman–Crippen LogP) is 3.00. The molecular formula is C13H25N3. The highest BCUT2D eigenvalue weighted by molar-refractivity contribution is 4.86. The van der Waals surface area contributed by atoms with Crippen LogP contribution in [0.15, 0.2) is 18.5 Å². The third-order valence-corrected chi connectivity index (χ3v) is 3.00. The molecule has 0 amide bonds. The Hall–Kier alpha value is -0.830. The Bertz CT molecular complexity index is 256. The van der Waals surface area contributed by atoms with Crippen LogP contribution in [-0.4, -0.2) is 22.4 Å². The topological polar surface area (TPSA) is 29.9 Å². The summed E-state index contributed by atoms with van der Waals surface area (Å²) in [4.78, 5) is 0. The number of nitrogens with zero attached hydrogens (tertiary/aromatic N) is 2. The Balaban J connectivity index is 2.65. The van der Waals surface area contributed by atoms with E-state index < -0.39 is 0 Å². The van der Waals surface area contributed by atoms with E-state index in [0.717, 1.165) is 13.0 Å². The van der Waals surface area contributed by atoms with Crippen molar-refractivity contribution in [3.8, 4) is 0 Å². The molecule has 1 N–H and O–H groups in total. The molecule has 1 heterocycles. The molecule has 0 aliphatic carbocycles. The third kappa shape index (κ3) is 3.63. The molecule has 0 spiro atoms. The molecule has 0 aromatic carbocycles. The number of hydrogen-bond donors (Lipinski definition) is 1. The summed E-state index contributed by atoms with van der Waals surface area (Å²) in [5.74, 6) is 0. The summed E-state index contributed by atoms with van der Waals surface area (Å²) in [5, 5.41) is 8.02. The van der Waals surface area contributed by atoms with Crippen molar-refractivity contribution >= 4 is 0 Å². The van der Waals surface area contributed by atoms with E-state index in [9.17, 15) is 0 Å². The Morgan fingerprint density at radius 1 is 1.25 bits per heavy atom. The van der Waals surface area contributed by atoms with Crippen LogP contribution >= 0.6 is 0 Å². The Kier molecular flexibility index (Phi) is 6.16. The lowest BCUT2D eigenvalue weighted by atomic mass is 10.0. The van der Waals surface area contributed by atoms with Crippen LogP contribution in [0.1, 0.15) is 52.5 Å². The van der Waals surface area contributed by atoms with Gasteiger partial charge in [-0.1, -0.05) is 27.2 Å². The zero-order chi connectivity index (χ0) is 11.8. The summed E-state index contributed by atoms with van der Waals surface area (Å²) >= 11 is 0. The molecule has 0 aliphatic heterocycles. The van der Waals surface area contributed by atoms with Crippen LogP contribution in [0.5, 0.6) is 0 Å². The second kappa shape index (κ2) is 7.44. The van der Waals surface area contributed by atoms with Crippen LogP contribution in [0.25, 0.3) is 0 Å². The van der Waals surface area contributed by atoms with Crippen molar-refractivity contribution < 1.29 is 0 Å². The number of hydrogen-bond acceptors (Lipinski definition) is 2. The molecule has 0 saturated carbocycles. The molecule has 0 radical (unpaired) electrons. The summed E-state index contributed by atoms with van der Waals surface area (Å²) in [6.07, 6.45) is 8.70. The van der Waals surface area contributed by atoms with Gasteiger partial charge in [-0.15, -0.1) is 0 Å². The van der Waals surface area contributed by atoms with Gasteiger partial charge in [0.2, 0.25) is 0 Å². The molecule has 0 saturated heterocycles. The van der Waals surface area contributed by atoms with E-state index in [1.54, 1.807) is 0 Å². The fourth-order valence-electron chi connectivity index (χ4n) is 2.20. The second-order valence-electron chi connectivity index (χ2n) is 4.31. The molecule has 1 rings (SSSR count). The van der Waals surface area contributed by atoms with Gasteiger partial charge in [0.25, 0.3) is 0 Å². The molecule has 3 nitrogen and oxygen atoms in total. The average Bonchev–Trinajstić information content (AvgIpc) is 2.80. The normalized spacial score (nSPS) is 14.9. The first kappa shape index (κ1) is 13.2. The minimum absolute atomic E-state index is 0.487. The van der Waals surface area contributed by atoms with Crippen LogP contribution in [0, 0.1) is 0 Å². The predicted molar refractivity (Wildman–Crippen MR) is 68.5 cm³/mol. The van der Waals surface area contributed by atoms with Gasteiger partial charge in [0.1, 0.15) is 0 Å². The van der Waals surface area contributed by atoms with Crippen LogP contribution < -0.4 is 5.32 Å². The van der Waals surface area contributed by atoms with Gasteiger partial charge in [0.15, 0.2) is 0 Å². The first-order valence-corrected chi connectivity index (χ1v) is 6.55. The molecular weight excluding hydrogens is 198 g/mol. The van der Waals surface area contributed by atoms with Gasteiger partial charge < -0.3 is 5.32 Å². The van der Waals surface area contributed by atoms with Crippen molar-refractivity contribution in [2.75, 3.05) is 6.54 Å². The van der Waals surface area contributed by atoms with Gasteiger partial charge in [0, 0.05) is 18.4 Å². The van der Waals surface area contributed by atoms with Crippen molar-refractivity contribution in [3.05, 3.63) is 18.5 Å². The molecule has 16 heavy (non-hydrogen) atoms. The van der Waals surface area contributed by atoms with Crippen molar-refractivity contribution in [2.45, 2.75) is 58.5 Å². The quantitative estimate of drug-likeness (QED) is 0.734. The fraction of sp³-hybridized carbons (Fsp3) is 0.769.